The molecule has 0 saturated heterocycles. The van der Waals surface area contributed by atoms with Gasteiger partial charge in [-0.25, -0.2) is 18.1 Å². The number of benzene rings is 1. The summed E-state index contributed by atoms with van der Waals surface area (Å²) in [6.07, 6.45) is 2.76. The Morgan fingerprint density at radius 1 is 1.19 bits per heavy atom. The van der Waals surface area contributed by atoms with Gasteiger partial charge < -0.3 is 5.32 Å². The van der Waals surface area contributed by atoms with Gasteiger partial charge in [0.1, 0.15) is 12.2 Å². The van der Waals surface area contributed by atoms with Crippen LogP contribution in [0, 0.1) is 0 Å². The minimum absolute atomic E-state index is 0.276. The lowest BCUT2D eigenvalue weighted by molar-refractivity contribution is 0.490. The van der Waals surface area contributed by atoms with Crippen LogP contribution in [0.3, 0.4) is 0 Å². The lowest BCUT2D eigenvalue weighted by atomic mass is 10.2. The molecule has 0 bridgehead atoms. The fourth-order valence-corrected chi connectivity index (χ4v) is 2.64. The summed E-state index contributed by atoms with van der Waals surface area (Å²) in [5.74, 6) is 0.887. The van der Waals surface area contributed by atoms with E-state index in [4.69, 9.17) is 0 Å². The van der Waals surface area contributed by atoms with E-state index in [0.717, 1.165) is 11.4 Å². The smallest absolute Gasteiger partial charge is 0.175 e. The summed E-state index contributed by atoms with van der Waals surface area (Å²) in [6.45, 7) is 5.38. The monoisotopic (exact) mass is 308 g/mol. The van der Waals surface area contributed by atoms with Crippen molar-refractivity contribution in [3.8, 4) is 0 Å². The van der Waals surface area contributed by atoms with E-state index in [2.05, 4.69) is 29.2 Å². The lowest BCUT2D eigenvalue weighted by Gasteiger charge is -2.10. The molecule has 6 nitrogen and oxygen atoms in total. The predicted octanol–water partition coefficient (Wildman–Crippen LogP) is 1.55. The number of rotatable bonds is 6. The standard InChI is InChI=1S/C14H20N4O2S/c1-11(2)18-14(16-10-17-18)9-15-8-12-4-6-13(7-5-12)21(3,19)20/h4-7,10-11,15H,8-9H2,1-3H3. The molecule has 2 rings (SSSR count). The zero-order valence-corrected chi connectivity index (χ0v) is 13.3. The first-order valence-electron chi connectivity index (χ1n) is 6.76. The molecule has 0 fully saturated rings. The first-order valence-corrected chi connectivity index (χ1v) is 8.65. The molecule has 0 aliphatic heterocycles. The van der Waals surface area contributed by atoms with Crippen molar-refractivity contribution in [1.29, 1.82) is 0 Å². The van der Waals surface area contributed by atoms with Crippen molar-refractivity contribution in [2.45, 2.75) is 37.9 Å². The van der Waals surface area contributed by atoms with Gasteiger partial charge in [0.25, 0.3) is 0 Å². The van der Waals surface area contributed by atoms with Gasteiger partial charge in [-0.15, -0.1) is 0 Å². The fourth-order valence-electron chi connectivity index (χ4n) is 2.01. The second-order valence-electron chi connectivity index (χ2n) is 5.23. The molecule has 1 aromatic heterocycles. The first kappa shape index (κ1) is 15.7. The van der Waals surface area contributed by atoms with Gasteiger partial charge in [0.15, 0.2) is 9.84 Å². The van der Waals surface area contributed by atoms with E-state index in [9.17, 15) is 8.42 Å². The van der Waals surface area contributed by atoms with E-state index in [0.29, 0.717) is 18.0 Å². The van der Waals surface area contributed by atoms with Crippen LogP contribution in [0.4, 0.5) is 0 Å². The molecule has 0 amide bonds. The molecule has 0 unspecified atom stereocenters. The van der Waals surface area contributed by atoms with Crippen LogP contribution in [0.25, 0.3) is 0 Å². The van der Waals surface area contributed by atoms with Gasteiger partial charge in [-0.3, -0.25) is 0 Å². The number of nitrogens with one attached hydrogen (secondary N) is 1. The molecule has 0 spiro atoms. The summed E-state index contributed by atoms with van der Waals surface area (Å²) in [7, 11) is -3.13. The third-order valence-electron chi connectivity index (χ3n) is 3.10. The Hall–Kier alpha value is -1.73. The fraction of sp³-hybridized carbons (Fsp3) is 0.429. The van der Waals surface area contributed by atoms with Gasteiger partial charge in [-0.05, 0) is 31.5 Å². The van der Waals surface area contributed by atoms with Crippen molar-refractivity contribution in [3.05, 3.63) is 42.0 Å². The summed E-state index contributed by atoms with van der Waals surface area (Å²) in [5.41, 5.74) is 1.03. The van der Waals surface area contributed by atoms with Crippen molar-refractivity contribution in [2.75, 3.05) is 6.26 Å². The Balaban J connectivity index is 1.93. The number of nitrogens with zero attached hydrogens (tertiary/aromatic N) is 3. The average Bonchev–Trinajstić information content (AvgIpc) is 2.87. The quantitative estimate of drug-likeness (QED) is 0.876. The third kappa shape index (κ3) is 4.12. The van der Waals surface area contributed by atoms with E-state index in [1.54, 1.807) is 18.5 Å². The van der Waals surface area contributed by atoms with Gasteiger partial charge in [-0.1, -0.05) is 12.1 Å². The molecule has 1 heterocycles. The second kappa shape index (κ2) is 6.36. The molecule has 0 saturated carbocycles. The maximum Gasteiger partial charge on any atom is 0.175 e. The van der Waals surface area contributed by atoms with Gasteiger partial charge >= 0.3 is 0 Å². The number of hydrogen-bond donors (Lipinski definition) is 1. The van der Waals surface area contributed by atoms with Crippen LogP contribution >= 0.6 is 0 Å². The zero-order valence-electron chi connectivity index (χ0n) is 12.4. The largest absolute Gasteiger partial charge is 0.306 e. The van der Waals surface area contributed by atoms with Crippen molar-refractivity contribution < 1.29 is 8.42 Å². The SMILES string of the molecule is CC(C)n1ncnc1CNCc1ccc(S(C)(=O)=O)cc1. The van der Waals surface area contributed by atoms with Gasteiger partial charge in [0, 0.05) is 18.8 Å². The molecule has 2 aromatic rings. The zero-order chi connectivity index (χ0) is 15.5. The highest BCUT2D eigenvalue weighted by atomic mass is 32.2. The normalized spacial score (nSPS) is 12.0. The summed E-state index contributed by atoms with van der Waals surface area (Å²) in [5, 5.41) is 7.46. The van der Waals surface area contributed by atoms with Crippen LogP contribution in [-0.4, -0.2) is 29.4 Å². The van der Waals surface area contributed by atoms with Crippen molar-refractivity contribution in [2.24, 2.45) is 0 Å². The van der Waals surface area contributed by atoms with E-state index in [1.165, 1.54) is 6.26 Å². The van der Waals surface area contributed by atoms with Crippen molar-refractivity contribution >= 4 is 9.84 Å². The summed E-state index contributed by atoms with van der Waals surface area (Å²) in [4.78, 5) is 4.56. The first-order chi connectivity index (χ1) is 9.88. The molecule has 0 atom stereocenters. The van der Waals surface area contributed by atoms with Gasteiger partial charge in [0.2, 0.25) is 0 Å². The van der Waals surface area contributed by atoms with E-state index < -0.39 is 9.84 Å². The summed E-state index contributed by atoms with van der Waals surface area (Å²) < 4.78 is 24.6. The minimum Gasteiger partial charge on any atom is -0.306 e. The number of aromatic nitrogens is 3. The number of hydrogen-bond acceptors (Lipinski definition) is 5. The topological polar surface area (TPSA) is 76.9 Å². The highest BCUT2D eigenvalue weighted by Crippen LogP contribution is 2.10. The molecule has 1 N–H and O–H groups in total. The maximum absolute atomic E-state index is 11.4. The minimum atomic E-state index is -3.13. The van der Waals surface area contributed by atoms with Gasteiger partial charge in [-0.2, -0.15) is 5.10 Å². The lowest BCUT2D eigenvalue weighted by Crippen LogP contribution is -2.18. The van der Waals surface area contributed by atoms with Gasteiger partial charge in [0.05, 0.1) is 11.4 Å². The number of sulfone groups is 1. The predicted molar refractivity (Wildman–Crippen MR) is 80.5 cm³/mol. The highest BCUT2D eigenvalue weighted by Gasteiger charge is 2.08. The van der Waals surface area contributed by atoms with E-state index in [-0.39, 0.29) is 6.04 Å². The molecule has 0 aliphatic rings. The van der Waals surface area contributed by atoms with Crippen LogP contribution in [0.5, 0.6) is 0 Å². The second-order valence-corrected chi connectivity index (χ2v) is 7.25. The molecule has 0 aliphatic carbocycles. The van der Waals surface area contributed by atoms with Crippen LogP contribution in [0.15, 0.2) is 35.5 Å². The Labute approximate surface area is 125 Å². The summed E-state index contributed by atoms with van der Waals surface area (Å²) >= 11 is 0. The van der Waals surface area contributed by atoms with Crippen LogP contribution in [-0.2, 0) is 22.9 Å². The molecule has 7 heteroatoms. The van der Waals surface area contributed by atoms with Crippen LogP contribution in [0.2, 0.25) is 0 Å². The Kier molecular flexibility index (Phi) is 4.74. The molecule has 21 heavy (non-hydrogen) atoms. The average molecular weight is 308 g/mol. The highest BCUT2D eigenvalue weighted by molar-refractivity contribution is 7.90. The maximum atomic E-state index is 11.4. The van der Waals surface area contributed by atoms with E-state index in [1.807, 2.05) is 16.8 Å². The van der Waals surface area contributed by atoms with Crippen LogP contribution < -0.4 is 5.32 Å². The Morgan fingerprint density at radius 2 is 1.86 bits per heavy atom. The third-order valence-corrected chi connectivity index (χ3v) is 4.23. The Morgan fingerprint density at radius 3 is 2.43 bits per heavy atom. The van der Waals surface area contributed by atoms with Crippen molar-refractivity contribution in [1.82, 2.24) is 20.1 Å². The molecule has 1 aromatic carbocycles. The summed E-state index contributed by atoms with van der Waals surface area (Å²) in [6, 6.07) is 7.16. The molecule has 114 valence electrons. The molecular weight excluding hydrogens is 288 g/mol. The Bertz CT molecular complexity index is 690. The molecular formula is C14H20N4O2S. The van der Waals surface area contributed by atoms with Crippen LogP contribution in [0.1, 0.15) is 31.3 Å². The van der Waals surface area contributed by atoms with Crippen molar-refractivity contribution in [3.63, 3.8) is 0 Å². The molecule has 0 radical (unpaired) electrons. The van der Waals surface area contributed by atoms with E-state index >= 15 is 0 Å².